The van der Waals surface area contributed by atoms with Crippen molar-refractivity contribution in [3.05, 3.63) is 110 Å². The molecule has 1 atom stereocenters. The first-order valence-corrected chi connectivity index (χ1v) is 12.1. The van der Waals surface area contributed by atoms with E-state index in [4.69, 9.17) is 21.1 Å². The van der Waals surface area contributed by atoms with Crippen LogP contribution in [0.3, 0.4) is 0 Å². The molecule has 1 N–H and O–H groups in total. The molecule has 10 nitrogen and oxygen atoms in total. The third kappa shape index (κ3) is 6.46. The maximum atomic E-state index is 13.4. The van der Waals surface area contributed by atoms with Gasteiger partial charge < -0.3 is 9.47 Å². The van der Waals surface area contributed by atoms with Crippen LogP contribution in [0.5, 0.6) is 11.6 Å². The van der Waals surface area contributed by atoms with Crippen LogP contribution in [0.15, 0.2) is 81.4 Å². The molecule has 2 aromatic heterocycles. The minimum Gasteiger partial charge on any atom is -0.469 e. The van der Waals surface area contributed by atoms with Crippen molar-refractivity contribution in [3.63, 3.8) is 0 Å². The fourth-order valence-electron chi connectivity index (χ4n) is 3.66. The number of aromatic nitrogens is 4. The maximum Gasteiger partial charge on any atom is 0.335 e. The summed E-state index contributed by atoms with van der Waals surface area (Å²) in [6.45, 7) is 3.48. The molecule has 11 heteroatoms. The third-order valence-corrected chi connectivity index (χ3v) is 5.93. The van der Waals surface area contributed by atoms with Gasteiger partial charge in [-0.15, -0.1) is 0 Å². The maximum absolute atomic E-state index is 13.4. The van der Waals surface area contributed by atoms with Gasteiger partial charge in [-0.05, 0) is 60.5 Å². The number of esters is 1. The highest BCUT2D eigenvalue weighted by molar-refractivity contribution is 6.30. The molecule has 0 saturated heterocycles. The number of rotatable bonds is 8. The lowest BCUT2D eigenvalue weighted by molar-refractivity contribution is -0.145. The van der Waals surface area contributed by atoms with Crippen molar-refractivity contribution in [2.75, 3.05) is 7.11 Å². The number of methoxy groups -OCH3 is 1. The Hall–Kier alpha value is -4.44. The molecule has 4 aromatic rings. The molecule has 0 saturated carbocycles. The van der Waals surface area contributed by atoms with Gasteiger partial charge in [0.2, 0.25) is 11.5 Å². The monoisotopic (exact) mass is 535 g/mol. The highest BCUT2D eigenvalue weighted by Gasteiger charge is 2.18. The summed E-state index contributed by atoms with van der Waals surface area (Å²) in [5.74, 6) is -0.222. The van der Waals surface area contributed by atoms with Crippen molar-refractivity contribution in [1.82, 2.24) is 19.1 Å². The van der Waals surface area contributed by atoms with E-state index < -0.39 is 23.3 Å². The van der Waals surface area contributed by atoms with E-state index in [1.807, 2.05) is 19.1 Å². The second-order valence-corrected chi connectivity index (χ2v) is 9.10. The number of aryl methyl sites for hydroxylation is 1. The van der Waals surface area contributed by atoms with Crippen LogP contribution >= 0.6 is 11.6 Å². The Kier molecular flexibility index (Phi) is 8.22. The topological polar surface area (TPSA) is 121 Å². The molecular formula is C27H26ClN5O5. The molecule has 0 fully saturated rings. The minimum atomic E-state index is -0.707. The van der Waals surface area contributed by atoms with Gasteiger partial charge in [0.1, 0.15) is 5.75 Å². The first-order valence-electron chi connectivity index (χ1n) is 11.7. The standard InChI is InChI=1S/C27H26ClN5O5/c1-17-12-13-29-23(14-17)38-22-10-8-21(9-11-22)30-25-31-26(35)33(15-18(2)24(34)37-3)27(36)32(25)16-19-4-6-20(28)7-5-19/h4-14,18H,15-16H2,1-3H3,(H,30,31,35)/t18-/m0/s1. The van der Waals surface area contributed by atoms with Crippen LogP contribution in [0, 0.1) is 12.8 Å². The van der Waals surface area contributed by atoms with Crippen LogP contribution in [0.1, 0.15) is 18.1 Å². The first-order chi connectivity index (χ1) is 18.2. The lowest BCUT2D eigenvalue weighted by Gasteiger charge is -2.14. The molecular weight excluding hydrogens is 510 g/mol. The summed E-state index contributed by atoms with van der Waals surface area (Å²) in [5.41, 5.74) is 1.00. The summed E-state index contributed by atoms with van der Waals surface area (Å²) in [7, 11) is 1.25. The predicted molar refractivity (Wildman–Crippen MR) is 142 cm³/mol. The van der Waals surface area contributed by atoms with E-state index in [2.05, 4.69) is 15.0 Å². The number of nitrogens with one attached hydrogen (secondary N) is 1. The van der Waals surface area contributed by atoms with Crippen molar-refractivity contribution in [3.8, 4) is 11.6 Å². The molecule has 0 aliphatic rings. The van der Waals surface area contributed by atoms with Crippen LogP contribution in [0.2, 0.25) is 5.02 Å². The third-order valence-electron chi connectivity index (χ3n) is 5.68. The van der Waals surface area contributed by atoms with E-state index in [9.17, 15) is 14.4 Å². The summed E-state index contributed by atoms with van der Waals surface area (Å²) in [4.78, 5) is 49.6. The van der Waals surface area contributed by atoms with Crippen molar-refractivity contribution < 1.29 is 14.3 Å². The van der Waals surface area contributed by atoms with E-state index in [-0.39, 0.29) is 18.7 Å². The zero-order valence-corrected chi connectivity index (χ0v) is 21.8. The van der Waals surface area contributed by atoms with Crippen LogP contribution in [-0.2, 0) is 22.6 Å². The molecule has 0 amide bonds. The normalized spacial score (nSPS) is 12.3. The number of H-pyrrole nitrogens is 1. The molecule has 38 heavy (non-hydrogen) atoms. The number of hydrogen-bond acceptors (Lipinski definition) is 7. The van der Waals surface area contributed by atoms with Crippen LogP contribution in [0.4, 0.5) is 5.69 Å². The van der Waals surface area contributed by atoms with Gasteiger partial charge in [-0.25, -0.2) is 24.1 Å². The van der Waals surface area contributed by atoms with Gasteiger partial charge >= 0.3 is 17.3 Å². The Morgan fingerprint density at radius 3 is 2.45 bits per heavy atom. The molecule has 2 aromatic carbocycles. The van der Waals surface area contributed by atoms with Crippen LogP contribution < -0.4 is 21.7 Å². The molecule has 4 rings (SSSR count). The fourth-order valence-corrected chi connectivity index (χ4v) is 3.79. The van der Waals surface area contributed by atoms with E-state index in [0.717, 1.165) is 15.7 Å². The number of hydrogen-bond donors (Lipinski definition) is 1. The quantitative estimate of drug-likeness (QED) is 0.344. The van der Waals surface area contributed by atoms with E-state index in [0.29, 0.717) is 22.3 Å². The molecule has 196 valence electrons. The van der Waals surface area contributed by atoms with E-state index in [1.54, 1.807) is 61.7 Å². The van der Waals surface area contributed by atoms with Crippen LogP contribution in [-0.4, -0.2) is 32.2 Å². The van der Waals surface area contributed by atoms with Crippen molar-refractivity contribution in [2.24, 2.45) is 10.9 Å². The number of nitrogens with zero attached hydrogens (tertiary/aromatic N) is 4. The second-order valence-electron chi connectivity index (χ2n) is 8.66. The summed E-state index contributed by atoms with van der Waals surface area (Å²) in [6.07, 6.45) is 1.66. The second kappa shape index (κ2) is 11.7. The van der Waals surface area contributed by atoms with E-state index in [1.165, 1.54) is 11.7 Å². The Bertz CT molecular complexity index is 1620. The van der Waals surface area contributed by atoms with Gasteiger partial charge in [-0.3, -0.25) is 14.3 Å². The number of carbonyl (C=O) groups is 1. The van der Waals surface area contributed by atoms with Gasteiger partial charge in [-0.1, -0.05) is 30.7 Å². The van der Waals surface area contributed by atoms with Gasteiger partial charge in [-0.2, -0.15) is 0 Å². The van der Waals surface area contributed by atoms with Crippen molar-refractivity contribution in [1.29, 1.82) is 0 Å². The number of aromatic amines is 1. The largest absolute Gasteiger partial charge is 0.469 e. The Balaban J connectivity index is 1.73. The highest BCUT2D eigenvalue weighted by atomic mass is 35.5. The average Bonchev–Trinajstić information content (AvgIpc) is 2.90. The minimum absolute atomic E-state index is 0.0472. The highest BCUT2D eigenvalue weighted by Crippen LogP contribution is 2.22. The molecule has 0 aliphatic carbocycles. The Labute approximate surface area is 222 Å². The number of benzene rings is 2. The number of ether oxygens (including phenoxy) is 2. The Morgan fingerprint density at radius 2 is 1.79 bits per heavy atom. The van der Waals surface area contributed by atoms with Gasteiger partial charge in [0.15, 0.2) is 0 Å². The SMILES string of the molecule is COC(=O)[C@@H](C)Cn1c(=O)[nH]/c(=N\c2ccc(Oc3cc(C)ccn3)cc2)n(Cc2ccc(Cl)cc2)c1=O. The number of halogens is 1. The van der Waals surface area contributed by atoms with E-state index >= 15 is 0 Å². The smallest absolute Gasteiger partial charge is 0.335 e. The van der Waals surface area contributed by atoms with Gasteiger partial charge in [0.05, 0.1) is 25.3 Å². The van der Waals surface area contributed by atoms with Crippen molar-refractivity contribution >= 4 is 23.3 Å². The van der Waals surface area contributed by atoms with Crippen LogP contribution in [0.25, 0.3) is 0 Å². The molecule has 0 unspecified atom stereocenters. The molecule has 2 heterocycles. The first kappa shape index (κ1) is 26.6. The summed E-state index contributed by atoms with van der Waals surface area (Å²) >= 11 is 6.01. The van der Waals surface area contributed by atoms with Crippen molar-refractivity contribution in [2.45, 2.75) is 26.9 Å². The zero-order valence-electron chi connectivity index (χ0n) is 21.1. The van der Waals surface area contributed by atoms with Gasteiger partial charge in [0.25, 0.3) is 0 Å². The molecule has 0 radical (unpaired) electrons. The Morgan fingerprint density at radius 1 is 1.08 bits per heavy atom. The summed E-state index contributed by atoms with van der Waals surface area (Å²) in [6, 6.07) is 17.5. The number of pyridine rings is 1. The molecule has 0 spiro atoms. The molecule has 0 bridgehead atoms. The zero-order chi connectivity index (χ0) is 27.2. The average molecular weight is 536 g/mol. The molecule has 0 aliphatic heterocycles. The fraction of sp³-hybridized carbons (Fsp3) is 0.222. The number of carbonyl (C=O) groups excluding carboxylic acids is 1. The lowest BCUT2D eigenvalue weighted by Crippen LogP contribution is -2.51. The lowest BCUT2D eigenvalue weighted by atomic mass is 10.2. The van der Waals surface area contributed by atoms with Gasteiger partial charge in [0, 0.05) is 23.8 Å². The summed E-state index contributed by atoms with van der Waals surface area (Å²) in [5, 5.41) is 0.553. The summed E-state index contributed by atoms with van der Waals surface area (Å²) < 4.78 is 12.8. The predicted octanol–water partition coefficient (Wildman–Crippen LogP) is 3.58.